The number of nitrogens with zero attached hydrogens (tertiary/aromatic N) is 5. The standard InChI is InChI=1S/C24H31IN8O2/c1-2-35-23(34)20-13-29-24(30-14-20)33(16-25)10-9-28-12-18-3-5-21(6-4-18)31-17-32-22-15-27-8-7-19(22)11-26/h3-6,11,13-14,17,27-28H,2,7-10,12,15-16,26H2,1H3/b19-11-,31-17?,32-22?. The Morgan fingerprint density at radius 1 is 1.31 bits per heavy atom. The first-order valence-electron chi connectivity index (χ1n) is 11.5. The highest BCUT2D eigenvalue weighted by Gasteiger charge is 2.12. The average Bonchev–Trinajstić information content (AvgIpc) is 2.90. The molecule has 1 aliphatic heterocycles. The van der Waals surface area contributed by atoms with Crippen LogP contribution in [0.5, 0.6) is 0 Å². The van der Waals surface area contributed by atoms with Gasteiger partial charge in [0.1, 0.15) is 6.34 Å². The van der Waals surface area contributed by atoms with Crippen LogP contribution in [0.15, 0.2) is 58.4 Å². The van der Waals surface area contributed by atoms with E-state index in [0.29, 0.717) is 24.7 Å². The summed E-state index contributed by atoms with van der Waals surface area (Å²) in [4.78, 5) is 31.3. The molecule has 1 aromatic heterocycles. The molecule has 186 valence electrons. The van der Waals surface area contributed by atoms with Crippen LogP contribution in [0.2, 0.25) is 0 Å². The Labute approximate surface area is 219 Å². The van der Waals surface area contributed by atoms with Crippen molar-refractivity contribution in [3.8, 4) is 0 Å². The fraction of sp³-hybridized carbons (Fsp3) is 0.375. The van der Waals surface area contributed by atoms with Gasteiger partial charge < -0.3 is 26.0 Å². The molecule has 0 atom stereocenters. The van der Waals surface area contributed by atoms with E-state index in [4.69, 9.17) is 10.5 Å². The molecule has 2 aromatic rings. The van der Waals surface area contributed by atoms with Crippen molar-refractivity contribution < 1.29 is 9.53 Å². The first-order valence-corrected chi connectivity index (χ1v) is 13.0. The molecule has 1 fully saturated rings. The Kier molecular flexibility index (Phi) is 11.1. The number of carbonyl (C=O) groups excluding carboxylic acids is 1. The number of hydrogen-bond donors (Lipinski definition) is 3. The van der Waals surface area contributed by atoms with Gasteiger partial charge in [0.2, 0.25) is 5.95 Å². The van der Waals surface area contributed by atoms with E-state index in [1.807, 2.05) is 29.2 Å². The number of nitrogens with one attached hydrogen (secondary N) is 2. The van der Waals surface area contributed by atoms with Crippen LogP contribution in [-0.4, -0.2) is 65.3 Å². The number of piperidine rings is 1. The molecule has 0 aliphatic carbocycles. The van der Waals surface area contributed by atoms with E-state index in [2.05, 4.69) is 53.2 Å². The van der Waals surface area contributed by atoms with Crippen LogP contribution in [0.25, 0.3) is 0 Å². The fourth-order valence-electron chi connectivity index (χ4n) is 3.33. The Morgan fingerprint density at radius 2 is 2.09 bits per heavy atom. The van der Waals surface area contributed by atoms with Crippen molar-refractivity contribution in [3.05, 3.63) is 59.6 Å². The molecule has 10 nitrogen and oxygen atoms in total. The number of ether oxygens (including phenoxy) is 1. The maximum Gasteiger partial charge on any atom is 0.341 e. The maximum atomic E-state index is 11.8. The molecule has 0 bridgehead atoms. The number of alkyl halides is 1. The Morgan fingerprint density at radius 3 is 2.77 bits per heavy atom. The summed E-state index contributed by atoms with van der Waals surface area (Å²) in [7, 11) is 0. The quantitative estimate of drug-likeness (QED) is 0.0693. The summed E-state index contributed by atoms with van der Waals surface area (Å²) in [6, 6.07) is 8.05. The predicted molar refractivity (Wildman–Crippen MR) is 148 cm³/mol. The molecule has 0 spiro atoms. The van der Waals surface area contributed by atoms with Crippen molar-refractivity contribution in [1.82, 2.24) is 20.6 Å². The van der Waals surface area contributed by atoms with Crippen molar-refractivity contribution in [3.63, 3.8) is 0 Å². The topological polar surface area (TPSA) is 130 Å². The second kappa shape index (κ2) is 14.5. The number of aliphatic imine (C=N–C) groups is 2. The summed E-state index contributed by atoms with van der Waals surface area (Å²) in [5.74, 6) is 0.171. The van der Waals surface area contributed by atoms with Gasteiger partial charge in [0.15, 0.2) is 0 Å². The lowest BCUT2D eigenvalue weighted by Gasteiger charge is -2.20. The van der Waals surface area contributed by atoms with Crippen molar-refractivity contribution in [2.24, 2.45) is 15.7 Å². The van der Waals surface area contributed by atoms with E-state index >= 15 is 0 Å². The first kappa shape index (κ1) is 26.7. The van der Waals surface area contributed by atoms with E-state index in [1.54, 1.807) is 19.5 Å². The molecule has 0 radical (unpaired) electrons. The van der Waals surface area contributed by atoms with Gasteiger partial charge >= 0.3 is 5.97 Å². The third kappa shape index (κ3) is 8.37. The monoisotopic (exact) mass is 590 g/mol. The number of halogens is 1. The number of esters is 1. The highest BCUT2D eigenvalue weighted by Crippen LogP contribution is 2.13. The summed E-state index contributed by atoms with van der Waals surface area (Å²) in [5.41, 5.74) is 10.0. The molecular weight excluding hydrogens is 559 g/mol. The predicted octanol–water partition coefficient (Wildman–Crippen LogP) is 2.58. The minimum Gasteiger partial charge on any atom is -0.462 e. The van der Waals surface area contributed by atoms with E-state index in [-0.39, 0.29) is 0 Å². The molecule has 1 aliphatic rings. The van der Waals surface area contributed by atoms with Crippen LogP contribution < -0.4 is 21.3 Å². The van der Waals surface area contributed by atoms with Gasteiger partial charge in [0, 0.05) is 38.6 Å². The smallest absolute Gasteiger partial charge is 0.341 e. The van der Waals surface area contributed by atoms with Gasteiger partial charge in [-0.1, -0.05) is 34.7 Å². The van der Waals surface area contributed by atoms with Crippen LogP contribution in [0, 0.1) is 0 Å². The number of aromatic nitrogens is 2. The van der Waals surface area contributed by atoms with Crippen LogP contribution in [0.1, 0.15) is 29.3 Å². The average molecular weight is 590 g/mol. The number of hydrogen-bond acceptors (Lipinski definition) is 9. The number of anilines is 1. The summed E-state index contributed by atoms with van der Waals surface area (Å²) >= 11 is 2.27. The van der Waals surface area contributed by atoms with E-state index < -0.39 is 5.97 Å². The SMILES string of the molecule is CCOC(=O)c1cnc(N(CI)CCNCc2ccc(N=CN=C3CNCC/C3=C/N)cc2)nc1. The third-order valence-corrected chi connectivity index (χ3v) is 6.08. The minimum absolute atomic E-state index is 0.323. The molecular formula is C24H31IN8O2. The van der Waals surface area contributed by atoms with Gasteiger partial charge in [0.05, 0.1) is 28.1 Å². The fourth-order valence-corrected chi connectivity index (χ4v) is 3.97. The lowest BCUT2D eigenvalue weighted by atomic mass is 10.1. The molecule has 1 saturated heterocycles. The Hall–Kier alpha value is -2.90. The van der Waals surface area contributed by atoms with Crippen molar-refractivity contribution in [1.29, 1.82) is 0 Å². The zero-order valence-electron chi connectivity index (χ0n) is 19.8. The number of rotatable bonds is 11. The van der Waals surface area contributed by atoms with Crippen molar-refractivity contribution >= 4 is 52.2 Å². The molecule has 35 heavy (non-hydrogen) atoms. The van der Waals surface area contributed by atoms with Gasteiger partial charge in [-0.05, 0) is 49.4 Å². The summed E-state index contributed by atoms with van der Waals surface area (Å²) in [6.45, 7) is 5.95. The second-order valence-corrected chi connectivity index (χ2v) is 8.34. The molecule has 1 aromatic carbocycles. The van der Waals surface area contributed by atoms with Crippen molar-refractivity contribution in [2.45, 2.75) is 19.9 Å². The molecule has 3 rings (SSSR count). The molecule has 0 amide bonds. The van der Waals surface area contributed by atoms with Gasteiger partial charge in [-0.15, -0.1) is 0 Å². The van der Waals surface area contributed by atoms with Crippen LogP contribution in [-0.2, 0) is 11.3 Å². The Bertz CT molecular complexity index is 1040. The van der Waals surface area contributed by atoms with Gasteiger partial charge in [-0.25, -0.2) is 24.7 Å². The molecule has 0 saturated carbocycles. The highest BCUT2D eigenvalue weighted by molar-refractivity contribution is 14.1. The zero-order chi connectivity index (χ0) is 24.9. The normalized spacial score (nSPS) is 16.2. The highest BCUT2D eigenvalue weighted by atomic mass is 127. The molecule has 2 heterocycles. The van der Waals surface area contributed by atoms with Gasteiger partial charge in [0.25, 0.3) is 0 Å². The zero-order valence-corrected chi connectivity index (χ0v) is 21.9. The number of nitrogens with two attached hydrogens (primary N) is 1. The largest absolute Gasteiger partial charge is 0.462 e. The first-order chi connectivity index (χ1) is 17.1. The Balaban J connectivity index is 1.44. The van der Waals surface area contributed by atoms with Crippen LogP contribution in [0.4, 0.5) is 11.6 Å². The number of carbonyl (C=O) groups is 1. The summed E-state index contributed by atoms with van der Waals surface area (Å²) in [5, 5.41) is 6.73. The maximum absolute atomic E-state index is 11.8. The van der Waals surface area contributed by atoms with E-state index in [0.717, 1.165) is 59.7 Å². The van der Waals surface area contributed by atoms with Crippen LogP contribution >= 0.6 is 22.6 Å². The number of benzene rings is 1. The van der Waals surface area contributed by atoms with Gasteiger partial charge in [-0.3, -0.25) is 0 Å². The van der Waals surface area contributed by atoms with Crippen LogP contribution in [0.3, 0.4) is 0 Å². The molecule has 4 N–H and O–H groups in total. The van der Waals surface area contributed by atoms with Gasteiger partial charge in [-0.2, -0.15) is 0 Å². The molecule has 11 heteroatoms. The lowest BCUT2D eigenvalue weighted by Crippen LogP contribution is -2.32. The minimum atomic E-state index is -0.411. The summed E-state index contributed by atoms with van der Waals surface area (Å²) in [6.07, 6.45) is 7.10. The third-order valence-electron chi connectivity index (χ3n) is 5.26. The molecule has 0 unspecified atom stereocenters. The van der Waals surface area contributed by atoms with Crippen molar-refractivity contribution in [2.75, 3.05) is 42.2 Å². The van der Waals surface area contributed by atoms with E-state index in [9.17, 15) is 4.79 Å². The second-order valence-electron chi connectivity index (χ2n) is 7.66. The summed E-state index contributed by atoms with van der Waals surface area (Å²) < 4.78 is 5.70. The lowest BCUT2D eigenvalue weighted by molar-refractivity contribution is 0.0525. The van der Waals surface area contributed by atoms with E-state index in [1.165, 1.54) is 12.4 Å².